The second-order valence-corrected chi connectivity index (χ2v) is 3.96. The molecule has 0 N–H and O–H groups in total. The zero-order valence-electron chi connectivity index (χ0n) is 9.99. The van der Waals surface area contributed by atoms with Crippen LogP contribution in [0, 0.1) is 0 Å². The summed E-state index contributed by atoms with van der Waals surface area (Å²) in [6.07, 6.45) is 3.22. The van der Waals surface area contributed by atoms with Gasteiger partial charge in [-0.05, 0) is 6.07 Å². The minimum Gasteiger partial charge on any atom is -0.377 e. The Labute approximate surface area is 102 Å². The van der Waals surface area contributed by atoms with Crippen LogP contribution < -0.4 is 5.56 Å². The molecule has 3 heterocycles. The van der Waals surface area contributed by atoms with E-state index < -0.39 is 0 Å². The molecule has 7 nitrogen and oxygen atoms in total. The van der Waals surface area contributed by atoms with E-state index in [-0.39, 0.29) is 5.56 Å². The molecule has 0 amide bonds. The van der Waals surface area contributed by atoms with Gasteiger partial charge in [0.1, 0.15) is 6.61 Å². The molecule has 0 bridgehead atoms. The van der Waals surface area contributed by atoms with E-state index in [4.69, 9.17) is 4.74 Å². The highest BCUT2D eigenvalue weighted by Gasteiger charge is 2.10. The average Bonchev–Trinajstić information content (AvgIpc) is 2.77. The summed E-state index contributed by atoms with van der Waals surface area (Å²) in [4.78, 5) is 20.3. The van der Waals surface area contributed by atoms with Gasteiger partial charge in [-0.1, -0.05) is 0 Å². The van der Waals surface area contributed by atoms with E-state index in [1.165, 1.54) is 10.8 Å². The normalized spacial score (nSPS) is 11.4. The standard InChI is InChI=1S/C11H11N5O2/c1-15-4-3-8-7(10(15)17)5-12-11-13-9(6-18-2)14-16(8)11/h3-5H,6H2,1-2H3. The highest BCUT2D eigenvalue weighted by Crippen LogP contribution is 2.10. The molecule has 92 valence electrons. The van der Waals surface area contributed by atoms with E-state index in [0.29, 0.717) is 29.1 Å². The van der Waals surface area contributed by atoms with E-state index >= 15 is 0 Å². The molecular weight excluding hydrogens is 234 g/mol. The Hall–Kier alpha value is -2.28. The third-order valence-corrected chi connectivity index (χ3v) is 2.73. The minimum atomic E-state index is -0.106. The summed E-state index contributed by atoms with van der Waals surface area (Å²) >= 11 is 0. The molecule has 0 saturated heterocycles. The van der Waals surface area contributed by atoms with Crippen molar-refractivity contribution in [3.05, 3.63) is 34.6 Å². The molecule has 0 radical (unpaired) electrons. The van der Waals surface area contributed by atoms with E-state index in [1.807, 2.05) is 6.07 Å². The fourth-order valence-corrected chi connectivity index (χ4v) is 1.85. The lowest BCUT2D eigenvalue weighted by Gasteiger charge is -2.01. The first-order valence-corrected chi connectivity index (χ1v) is 5.39. The maximum absolute atomic E-state index is 11.9. The summed E-state index contributed by atoms with van der Waals surface area (Å²) < 4.78 is 8.04. The number of aryl methyl sites for hydroxylation is 1. The van der Waals surface area contributed by atoms with Crippen LogP contribution in [0.2, 0.25) is 0 Å². The predicted octanol–water partition coefficient (Wildman–Crippen LogP) is 0.123. The Morgan fingerprint density at radius 2 is 2.28 bits per heavy atom. The molecule has 3 rings (SSSR count). The number of nitrogens with zero attached hydrogens (tertiary/aromatic N) is 5. The number of ether oxygens (including phenoxy) is 1. The van der Waals surface area contributed by atoms with Crippen LogP contribution >= 0.6 is 0 Å². The molecule has 3 aromatic heterocycles. The summed E-state index contributed by atoms with van der Waals surface area (Å²) in [5, 5.41) is 4.79. The Morgan fingerprint density at radius 3 is 3.06 bits per heavy atom. The van der Waals surface area contributed by atoms with E-state index in [1.54, 1.807) is 24.9 Å². The van der Waals surface area contributed by atoms with Crippen molar-refractivity contribution < 1.29 is 4.74 Å². The smallest absolute Gasteiger partial charge is 0.261 e. The van der Waals surface area contributed by atoms with E-state index in [2.05, 4.69) is 15.1 Å². The van der Waals surface area contributed by atoms with Gasteiger partial charge in [0.2, 0.25) is 0 Å². The van der Waals surface area contributed by atoms with Crippen LogP contribution in [0.3, 0.4) is 0 Å². The highest BCUT2D eigenvalue weighted by molar-refractivity contribution is 5.78. The van der Waals surface area contributed by atoms with Gasteiger partial charge in [-0.25, -0.2) is 4.98 Å². The Morgan fingerprint density at radius 1 is 1.44 bits per heavy atom. The van der Waals surface area contributed by atoms with Gasteiger partial charge in [0.15, 0.2) is 5.82 Å². The van der Waals surface area contributed by atoms with Crippen LogP contribution in [0.15, 0.2) is 23.3 Å². The van der Waals surface area contributed by atoms with Gasteiger partial charge in [-0.2, -0.15) is 9.50 Å². The van der Waals surface area contributed by atoms with Crippen LogP contribution in [-0.2, 0) is 18.4 Å². The lowest BCUT2D eigenvalue weighted by Crippen LogP contribution is -2.16. The van der Waals surface area contributed by atoms with Gasteiger partial charge in [0.25, 0.3) is 11.3 Å². The fourth-order valence-electron chi connectivity index (χ4n) is 1.85. The predicted molar refractivity (Wildman–Crippen MR) is 64.2 cm³/mol. The number of hydrogen-bond donors (Lipinski definition) is 0. The van der Waals surface area contributed by atoms with Crippen molar-refractivity contribution in [1.29, 1.82) is 0 Å². The molecule has 0 fully saturated rings. The zero-order valence-corrected chi connectivity index (χ0v) is 9.99. The summed E-state index contributed by atoms with van der Waals surface area (Å²) in [6.45, 7) is 0.315. The molecule has 0 atom stereocenters. The molecule has 0 spiro atoms. The molecule has 0 aliphatic heterocycles. The summed E-state index contributed by atoms with van der Waals surface area (Å²) in [6, 6.07) is 1.82. The van der Waals surface area contributed by atoms with Crippen molar-refractivity contribution in [2.24, 2.45) is 7.05 Å². The van der Waals surface area contributed by atoms with Gasteiger partial charge < -0.3 is 9.30 Å². The number of hydrogen-bond acceptors (Lipinski definition) is 5. The molecule has 0 aliphatic rings. The lowest BCUT2D eigenvalue weighted by molar-refractivity contribution is 0.178. The first-order chi connectivity index (χ1) is 8.70. The quantitative estimate of drug-likeness (QED) is 0.641. The van der Waals surface area contributed by atoms with E-state index in [9.17, 15) is 4.79 Å². The van der Waals surface area contributed by atoms with Gasteiger partial charge in [0.05, 0.1) is 10.9 Å². The van der Waals surface area contributed by atoms with Gasteiger partial charge in [0, 0.05) is 26.6 Å². The molecular formula is C11H11N5O2. The zero-order chi connectivity index (χ0) is 12.7. The van der Waals surface area contributed by atoms with Crippen LogP contribution in [0.1, 0.15) is 5.82 Å². The van der Waals surface area contributed by atoms with Crippen LogP contribution in [-0.4, -0.2) is 31.3 Å². The third kappa shape index (κ3) is 1.48. The number of rotatable bonds is 2. The molecule has 0 aliphatic carbocycles. The van der Waals surface area contributed by atoms with Crippen molar-refractivity contribution >= 4 is 16.7 Å². The van der Waals surface area contributed by atoms with E-state index in [0.717, 1.165) is 0 Å². The van der Waals surface area contributed by atoms with Crippen LogP contribution in [0.5, 0.6) is 0 Å². The molecule has 0 aromatic carbocycles. The number of methoxy groups -OCH3 is 1. The van der Waals surface area contributed by atoms with Crippen LogP contribution in [0.25, 0.3) is 16.7 Å². The maximum Gasteiger partial charge on any atom is 0.261 e. The molecule has 0 unspecified atom stereocenters. The second-order valence-electron chi connectivity index (χ2n) is 3.96. The molecule has 0 saturated carbocycles. The number of fused-ring (bicyclic) bond motifs is 3. The Kier molecular flexibility index (Phi) is 2.34. The first kappa shape index (κ1) is 10.8. The monoisotopic (exact) mass is 245 g/mol. The van der Waals surface area contributed by atoms with Crippen molar-refractivity contribution in [2.45, 2.75) is 6.61 Å². The third-order valence-electron chi connectivity index (χ3n) is 2.73. The lowest BCUT2D eigenvalue weighted by atomic mass is 10.3. The summed E-state index contributed by atoms with van der Waals surface area (Å²) in [5.74, 6) is 1.00. The molecule has 18 heavy (non-hydrogen) atoms. The topological polar surface area (TPSA) is 74.3 Å². The highest BCUT2D eigenvalue weighted by atomic mass is 16.5. The summed E-state index contributed by atoms with van der Waals surface area (Å²) in [7, 11) is 3.27. The molecule has 7 heteroatoms. The van der Waals surface area contributed by atoms with Crippen molar-refractivity contribution in [1.82, 2.24) is 24.1 Å². The average molecular weight is 245 g/mol. The Bertz CT molecular complexity index is 789. The van der Waals surface area contributed by atoms with Crippen LogP contribution in [0.4, 0.5) is 0 Å². The van der Waals surface area contributed by atoms with Crippen molar-refractivity contribution in [3.8, 4) is 0 Å². The largest absolute Gasteiger partial charge is 0.377 e. The van der Waals surface area contributed by atoms with Gasteiger partial charge >= 0.3 is 0 Å². The number of aromatic nitrogens is 5. The fraction of sp³-hybridized carbons (Fsp3) is 0.273. The van der Waals surface area contributed by atoms with Gasteiger partial charge in [-0.15, -0.1) is 5.10 Å². The first-order valence-electron chi connectivity index (χ1n) is 5.39. The Balaban J connectivity index is 2.39. The minimum absolute atomic E-state index is 0.106. The molecule has 3 aromatic rings. The van der Waals surface area contributed by atoms with Crippen molar-refractivity contribution in [2.75, 3.05) is 7.11 Å². The van der Waals surface area contributed by atoms with Gasteiger partial charge in [-0.3, -0.25) is 4.79 Å². The van der Waals surface area contributed by atoms with Crippen molar-refractivity contribution in [3.63, 3.8) is 0 Å². The maximum atomic E-state index is 11.9. The second kappa shape index (κ2) is 3.88. The summed E-state index contributed by atoms with van der Waals surface area (Å²) in [5.41, 5.74) is 0.587. The number of pyridine rings is 1. The SMILES string of the molecule is COCc1nc2ncc3c(=O)n(C)ccc3n2n1.